The SMILES string of the molecule is C[C@H]1C[C@H](O[Si](c2ccccc2)(c2ccccc2)c2ccccc2OC2CCCCO2)CC2=CC[C@H]3[C@@H]4CCC[C@@]4(C)CC[C@@H]3[C@]21CO. The summed E-state index contributed by atoms with van der Waals surface area (Å²) in [5, 5.41) is 15.0. The van der Waals surface area contributed by atoms with E-state index < -0.39 is 8.32 Å². The Morgan fingerprint density at radius 1 is 0.833 bits per heavy atom. The molecule has 1 heterocycles. The van der Waals surface area contributed by atoms with Gasteiger partial charge < -0.3 is 19.0 Å². The Morgan fingerprint density at radius 2 is 1.56 bits per heavy atom. The summed E-state index contributed by atoms with van der Waals surface area (Å²) in [6.45, 7) is 6.00. The summed E-state index contributed by atoms with van der Waals surface area (Å²) in [7, 11) is -3.09. The number of hydrogen-bond donors (Lipinski definition) is 1. The molecule has 0 aromatic heterocycles. The molecule has 3 saturated carbocycles. The van der Waals surface area contributed by atoms with Crippen molar-refractivity contribution >= 4 is 23.9 Å². The van der Waals surface area contributed by atoms with Crippen LogP contribution in [0, 0.1) is 34.5 Å². The molecule has 0 amide bonds. The number of fused-ring (bicyclic) bond motifs is 5. The van der Waals surface area contributed by atoms with E-state index in [0.29, 0.717) is 23.2 Å². The van der Waals surface area contributed by atoms with Gasteiger partial charge >= 0.3 is 0 Å². The lowest BCUT2D eigenvalue weighted by Gasteiger charge is -2.60. The normalized spacial score (nSPS) is 34.8. The molecule has 5 heteroatoms. The van der Waals surface area contributed by atoms with Gasteiger partial charge in [-0.05, 0) is 103 Å². The zero-order valence-electron chi connectivity index (χ0n) is 29.0. The molecule has 4 nitrogen and oxygen atoms in total. The maximum Gasteiger partial charge on any atom is 0.292 e. The van der Waals surface area contributed by atoms with Gasteiger partial charge in [-0.3, -0.25) is 0 Å². The van der Waals surface area contributed by atoms with Crippen LogP contribution in [0.2, 0.25) is 0 Å². The molecule has 48 heavy (non-hydrogen) atoms. The van der Waals surface area contributed by atoms with Gasteiger partial charge in [0.2, 0.25) is 0 Å². The number of para-hydroxylation sites is 1. The minimum absolute atomic E-state index is 0.0360. The minimum atomic E-state index is -3.09. The van der Waals surface area contributed by atoms with Crippen LogP contribution in [-0.2, 0) is 9.16 Å². The van der Waals surface area contributed by atoms with Crippen molar-refractivity contribution in [2.24, 2.45) is 34.5 Å². The Labute approximate surface area is 289 Å². The first kappa shape index (κ1) is 32.5. The zero-order valence-corrected chi connectivity index (χ0v) is 30.0. The van der Waals surface area contributed by atoms with Gasteiger partial charge in [-0.25, -0.2) is 0 Å². The lowest BCUT2D eigenvalue weighted by molar-refractivity contribution is -0.105. The monoisotopic (exact) mass is 662 g/mol. The number of rotatable bonds is 8. The third-order valence-corrected chi connectivity index (χ3v) is 17.8. The number of aliphatic hydroxyl groups is 1. The van der Waals surface area contributed by atoms with E-state index in [9.17, 15) is 5.11 Å². The quantitative estimate of drug-likeness (QED) is 0.154. The summed E-state index contributed by atoms with van der Waals surface area (Å²) in [6.07, 6.45) is 15.2. The molecule has 1 N–H and O–H groups in total. The largest absolute Gasteiger partial charge is 0.465 e. The molecule has 1 aliphatic heterocycles. The number of aliphatic hydroxyl groups excluding tert-OH is 1. The van der Waals surface area contributed by atoms with Crippen LogP contribution in [-0.4, -0.2) is 39.0 Å². The van der Waals surface area contributed by atoms with Gasteiger partial charge in [0.05, 0.1) is 19.3 Å². The first-order valence-electron chi connectivity index (χ1n) is 18.9. The Balaban J connectivity index is 1.20. The van der Waals surface area contributed by atoms with Crippen molar-refractivity contribution in [3.8, 4) is 5.75 Å². The molecule has 4 aliphatic carbocycles. The van der Waals surface area contributed by atoms with Crippen LogP contribution in [0.25, 0.3) is 0 Å². The molecule has 1 saturated heterocycles. The molecule has 0 bridgehead atoms. The smallest absolute Gasteiger partial charge is 0.292 e. The molecule has 8 rings (SSSR count). The van der Waals surface area contributed by atoms with E-state index in [4.69, 9.17) is 13.9 Å². The lowest BCUT2D eigenvalue weighted by atomic mass is 9.45. The van der Waals surface area contributed by atoms with Gasteiger partial charge in [0.25, 0.3) is 8.32 Å². The van der Waals surface area contributed by atoms with E-state index >= 15 is 0 Å². The fraction of sp³-hybridized carbons (Fsp3) is 0.535. The summed E-state index contributed by atoms with van der Waals surface area (Å²) in [5.41, 5.74) is 1.85. The van der Waals surface area contributed by atoms with Gasteiger partial charge in [0, 0.05) is 17.0 Å². The standard InChI is InChI=1S/C43H54O4Si/c1-31-28-33(29-32-22-23-36-37-18-13-25-42(37,2)26-24-38(36)43(31,32)30-44)47-48(34-14-5-3-6-15-34,35-16-7-4-8-17-35)40-20-10-9-19-39(40)46-41-21-11-12-27-45-41/h3-10,14-17,19-20,22,31,33,36-38,41,44H,11-13,18,21,23-30H2,1-2H3/t31-,33-,36-,37-,38-,41?,42-,43-/m0/s1. The van der Waals surface area contributed by atoms with Crippen molar-refractivity contribution in [3.05, 3.63) is 96.6 Å². The highest BCUT2D eigenvalue weighted by Crippen LogP contribution is 2.66. The lowest BCUT2D eigenvalue weighted by Crippen LogP contribution is -2.71. The van der Waals surface area contributed by atoms with E-state index in [2.05, 4.69) is 105 Å². The summed E-state index contributed by atoms with van der Waals surface area (Å²) < 4.78 is 20.8. The molecule has 4 fully saturated rings. The second-order valence-corrected chi connectivity index (χ2v) is 19.3. The second kappa shape index (κ2) is 13.2. The highest BCUT2D eigenvalue weighted by atomic mass is 28.4. The molecule has 0 spiro atoms. The van der Waals surface area contributed by atoms with Gasteiger partial charge in [0.15, 0.2) is 6.29 Å². The summed E-state index contributed by atoms with van der Waals surface area (Å²) in [5.74, 6) is 3.30. The summed E-state index contributed by atoms with van der Waals surface area (Å²) >= 11 is 0. The van der Waals surface area contributed by atoms with Crippen molar-refractivity contribution in [1.82, 2.24) is 0 Å². The fourth-order valence-electron chi connectivity index (χ4n) is 11.4. The average molecular weight is 663 g/mol. The van der Waals surface area contributed by atoms with Crippen molar-refractivity contribution in [1.29, 1.82) is 0 Å². The number of hydrogen-bond acceptors (Lipinski definition) is 4. The number of allylic oxidation sites excluding steroid dienone is 1. The molecular formula is C43H54O4Si. The first-order valence-corrected chi connectivity index (χ1v) is 20.9. The van der Waals surface area contributed by atoms with Crippen LogP contribution in [0.4, 0.5) is 0 Å². The van der Waals surface area contributed by atoms with Gasteiger partial charge in [-0.15, -0.1) is 0 Å². The molecule has 254 valence electrons. The molecule has 1 unspecified atom stereocenters. The van der Waals surface area contributed by atoms with E-state index in [1.54, 1.807) is 0 Å². The van der Waals surface area contributed by atoms with E-state index in [1.165, 1.54) is 54.5 Å². The molecule has 3 aromatic carbocycles. The fourth-order valence-corrected chi connectivity index (χ4v) is 15.6. The molecule has 8 atom stereocenters. The average Bonchev–Trinajstić information content (AvgIpc) is 3.54. The topological polar surface area (TPSA) is 47.9 Å². The molecular weight excluding hydrogens is 609 g/mol. The van der Waals surface area contributed by atoms with Crippen molar-refractivity contribution in [2.75, 3.05) is 13.2 Å². The van der Waals surface area contributed by atoms with Crippen LogP contribution < -0.4 is 20.3 Å². The molecule has 0 radical (unpaired) electrons. The summed E-state index contributed by atoms with van der Waals surface area (Å²) in [6, 6.07) is 30.5. The minimum Gasteiger partial charge on any atom is -0.465 e. The molecule has 5 aliphatic rings. The third kappa shape index (κ3) is 5.35. The van der Waals surface area contributed by atoms with Crippen molar-refractivity contribution in [2.45, 2.75) is 96.9 Å². The van der Waals surface area contributed by atoms with Crippen molar-refractivity contribution < 1.29 is 19.0 Å². The van der Waals surface area contributed by atoms with Gasteiger partial charge in [-0.1, -0.05) is 111 Å². The Kier molecular flexibility index (Phi) is 8.94. The van der Waals surface area contributed by atoms with Gasteiger partial charge in [0.1, 0.15) is 5.75 Å². The Hall–Kier alpha value is -2.70. The first-order chi connectivity index (χ1) is 23.5. The second-order valence-electron chi connectivity index (χ2n) is 16.0. The van der Waals surface area contributed by atoms with Crippen LogP contribution in [0.1, 0.15) is 84.5 Å². The number of ether oxygens (including phenoxy) is 2. The van der Waals surface area contributed by atoms with Crippen LogP contribution in [0.5, 0.6) is 5.75 Å². The van der Waals surface area contributed by atoms with E-state index in [-0.39, 0.29) is 24.4 Å². The van der Waals surface area contributed by atoms with Crippen LogP contribution in [0.3, 0.4) is 0 Å². The third-order valence-electron chi connectivity index (χ3n) is 13.7. The Bertz CT molecular complexity index is 1550. The zero-order chi connectivity index (χ0) is 32.8. The maximum atomic E-state index is 11.4. The Morgan fingerprint density at radius 3 is 2.27 bits per heavy atom. The van der Waals surface area contributed by atoms with Crippen LogP contribution >= 0.6 is 0 Å². The highest BCUT2D eigenvalue weighted by Gasteiger charge is 2.60. The number of benzene rings is 3. The van der Waals surface area contributed by atoms with Crippen molar-refractivity contribution in [3.63, 3.8) is 0 Å². The van der Waals surface area contributed by atoms with Gasteiger partial charge in [-0.2, -0.15) is 0 Å². The maximum absolute atomic E-state index is 11.4. The van der Waals surface area contributed by atoms with E-state index in [1.807, 2.05) is 0 Å². The van der Waals surface area contributed by atoms with Crippen LogP contribution in [0.15, 0.2) is 96.6 Å². The summed E-state index contributed by atoms with van der Waals surface area (Å²) in [4.78, 5) is 0. The van der Waals surface area contributed by atoms with E-state index in [0.717, 1.165) is 55.6 Å². The highest BCUT2D eigenvalue weighted by molar-refractivity contribution is 7.07. The predicted octanol–water partition coefficient (Wildman–Crippen LogP) is 7.52. The predicted molar refractivity (Wildman–Crippen MR) is 195 cm³/mol. The molecule has 3 aromatic rings.